The van der Waals surface area contributed by atoms with Gasteiger partial charge in [0.2, 0.25) is 0 Å². The molecule has 1 aromatic carbocycles. The second-order valence-electron chi connectivity index (χ2n) is 6.59. The molecule has 6 heteroatoms. The number of carbonyl (C=O) groups excluding carboxylic acids is 1. The van der Waals surface area contributed by atoms with Gasteiger partial charge in [-0.3, -0.25) is 4.79 Å². The van der Waals surface area contributed by atoms with E-state index in [1.807, 2.05) is 30.3 Å². The summed E-state index contributed by atoms with van der Waals surface area (Å²) in [6.45, 7) is 0. The van der Waals surface area contributed by atoms with Crippen molar-refractivity contribution in [1.82, 2.24) is 4.98 Å². The zero-order valence-corrected chi connectivity index (χ0v) is 16.1. The SMILES string of the molecule is Nc1c(C(=O)Nc2ccccc2)sc2nc3c(c(-c4cccs4)c12)CCC3. The van der Waals surface area contributed by atoms with Gasteiger partial charge in [-0.2, -0.15) is 0 Å². The van der Waals surface area contributed by atoms with Gasteiger partial charge < -0.3 is 11.1 Å². The molecule has 1 amide bonds. The first kappa shape index (κ1) is 16.5. The van der Waals surface area contributed by atoms with Crippen molar-refractivity contribution in [3.63, 3.8) is 0 Å². The molecule has 27 heavy (non-hydrogen) atoms. The van der Waals surface area contributed by atoms with E-state index in [9.17, 15) is 4.79 Å². The molecule has 5 rings (SSSR count). The smallest absolute Gasteiger partial charge is 0.267 e. The molecule has 0 bridgehead atoms. The first-order chi connectivity index (χ1) is 13.2. The van der Waals surface area contributed by atoms with Crippen LogP contribution in [0.2, 0.25) is 0 Å². The Balaban J connectivity index is 1.68. The number of nitrogen functional groups attached to an aromatic ring is 1. The lowest BCUT2D eigenvalue weighted by atomic mass is 10.0. The number of para-hydroxylation sites is 1. The van der Waals surface area contributed by atoms with E-state index < -0.39 is 0 Å². The van der Waals surface area contributed by atoms with E-state index >= 15 is 0 Å². The Hall–Kier alpha value is -2.70. The van der Waals surface area contributed by atoms with Crippen molar-refractivity contribution in [2.24, 2.45) is 0 Å². The summed E-state index contributed by atoms with van der Waals surface area (Å²) >= 11 is 3.09. The molecule has 0 spiro atoms. The van der Waals surface area contributed by atoms with E-state index in [-0.39, 0.29) is 5.91 Å². The molecule has 1 aliphatic carbocycles. The molecule has 0 saturated carbocycles. The third kappa shape index (κ3) is 2.72. The normalized spacial score (nSPS) is 13.0. The molecule has 0 fully saturated rings. The van der Waals surface area contributed by atoms with Gasteiger partial charge in [-0.05, 0) is 48.4 Å². The fourth-order valence-corrected chi connectivity index (χ4v) is 5.54. The van der Waals surface area contributed by atoms with Crippen LogP contribution >= 0.6 is 22.7 Å². The number of aryl methyl sites for hydroxylation is 1. The van der Waals surface area contributed by atoms with Gasteiger partial charge in [-0.25, -0.2) is 4.98 Å². The zero-order valence-electron chi connectivity index (χ0n) is 14.5. The number of carbonyl (C=O) groups is 1. The lowest BCUT2D eigenvalue weighted by Crippen LogP contribution is -2.11. The maximum atomic E-state index is 12.8. The lowest BCUT2D eigenvalue weighted by molar-refractivity contribution is 0.103. The highest BCUT2D eigenvalue weighted by atomic mass is 32.1. The third-order valence-electron chi connectivity index (χ3n) is 4.91. The van der Waals surface area contributed by atoms with Crippen LogP contribution in [0.25, 0.3) is 20.7 Å². The van der Waals surface area contributed by atoms with Crippen LogP contribution in [-0.2, 0) is 12.8 Å². The molecule has 0 radical (unpaired) electrons. The van der Waals surface area contributed by atoms with E-state index in [0.717, 1.165) is 40.9 Å². The van der Waals surface area contributed by atoms with Gasteiger partial charge in [-0.15, -0.1) is 22.7 Å². The quantitative estimate of drug-likeness (QED) is 0.495. The average molecular weight is 392 g/mol. The first-order valence-corrected chi connectivity index (χ1v) is 10.6. The molecule has 4 nitrogen and oxygen atoms in total. The summed E-state index contributed by atoms with van der Waals surface area (Å²) < 4.78 is 0. The lowest BCUT2D eigenvalue weighted by Gasteiger charge is -2.09. The number of aromatic nitrogens is 1. The van der Waals surface area contributed by atoms with Crippen LogP contribution in [0.4, 0.5) is 11.4 Å². The molecular weight excluding hydrogens is 374 g/mol. The number of nitrogens with zero attached hydrogens (tertiary/aromatic N) is 1. The van der Waals surface area contributed by atoms with Crippen LogP contribution in [0.15, 0.2) is 47.8 Å². The Morgan fingerprint density at radius 3 is 2.74 bits per heavy atom. The van der Waals surface area contributed by atoms with Crippen LogP contribution in [0.5, 0.6) is 0 Å². The number of hydrogen-bond acceptors (Lipinski definition) is 5. The highest BCUT2D eigenvalue weighted by Gasteiger charge is 2.26. The minimum Gasteiger partial charge on any atom is -0.397 e. The number of thiophene rings is 2. The van der Waals surface area contributed by atoms with Crippen molar-refractivity contribution in [2.75, 3.05) is 11.1 Å². The fourth-order valence-electron chi connectivity index (χ4n) is 3.72. The second kappa shape index (κ2) is 6.48. The molecule has 3 heterocycles. The molecular formula is C21H17N3OS2. The molecule has 3 aromatic heterocycles. The van der Waals surface area contributed by atoms with Crippen LogP contribution < -0.4 is 11.1 Å². The minimum atomic E-state index is -0.181. The molecule has 3 N–H and O–H groups in total. The monoisotopic (exact) mass is 391 g/mol. The minimum absolute atomic E-state index is 0.181. The van der Waals surface area contributed by atoms with Crippen molar-refractivity contribution in [2.45, 2.75) is 19.3 Å². The molecule has 0 saturated heterocycles. The van der Waals surface area contributed by atoms with Gasteiger partial charge in [0.1, 0.15) is 9.71 Å². The average Bonchev–Trinajstić information content (AvgIpc) is 3.41. The van der Waals surface area contributed by atoms with Crippen molar-refractivity contribution in [3.05, 3.63) is 64.0 Å². The van der Waals surface area contributed by atoms with Gasteiger partial charge in [0.05, 0.1) is 5.69 Å². The largest absolute Gasteiger partial charge is 0.397 e. The Labute approximate surface area is 164 Å². The van der Waals surface area contributed by atoms with Crippen LogP contribution in [-0.4, -0.2) is 10.9 Å². The van der Waals surface area contributed by atoms with Crippen molar-refractivity contribution in [3.8, 4) is 10.4 Å². The van der Waals surface area contributed by atoms with Gasteiger partial charge in [0.15, 0.2) is 0 Å². The molecule has 0 unspecified atom stereocenters. The summed E-state index contributed by atoms with van der Waals surface area (Å²) in [4.78, 5) is 20.3. The Morgan fingerprint density at radius 1 is 1.11 bits per heavy atom. The predicted molar refractivity (Wildman–Crippen MR) is 114 cm³/mol. The Morgan fingerprint density at radius 2 is 1.96 bits per heavy atom. The number of rotatable bonds is 3. The predicted octanol–water partition coefficient (Wildman–Crippen LogP) is 5.35. The summed E-state index contributed by atoms with van der Waals surface area (Å²) in [7, 11) is 0. The van der Waals surface area contributed by atoms with Crippen molar-refractivity contribution < 1.29 is 4.79 Å². The van der Waals surface area contributed by atoms with Gasteiger partial charge >= 0.3 is 0 Å². The number of hydrogen-bond donors (Lipinski definition) is 2. The van der Waals surface area contributed by atoms with Crippen LogP contribution in [0, 0.1) is 0 Å². The standard InChI is InChI=1S/C21H17N3OS2/c22-18-17-16(15-10-5-11-26-15)13-8-4-9-14(13)24-21(17)27-19(18)20(25)23-12-6-2-1-3-7-12/h1-3,5-7,10-11H,4,8-9,22H2,(H,23,25). The summed E-state index contributed by atoms with van der Waals surface area (Å²) in [6.07, 6.45) is 3.14. The molecule has 4 aromatic rings. The Kier molecular flexibility index (Phi) is 3.95. The van der Waals surface area contributed by atoms with Crippen molar-refractivity contribution >= 4 is 50.2 Å². The summed E-state index contributed by atoms with van der Waals surface area (Å²) in [6, 6.07) is 13.6. The molecule has 134 valence electrons. The number of pyridine rings is 1. The highest BCUT2D eigenvalue weighted by Crippen LogP contribution is 2.45. The molecule has 0 aliphatic heterocycles. The number of fused-ring (bicyclic) bond motifs is 2. The highest BCUT2D eigenvalue weighted by molar-refractivity contribution is 7.21. The maximum absolute atomic E-state index is 12.8. The third-order valence-corrected chi connectivity index (χ3v) is 6.89. The molecule has 0 atom stereocenters. The fraction of sp³-hybridized carbons (Fsp3) is 0.143. The second-order valence-corrected chi connectivity index (χ2v) is 8.53. The van der Waals surface area contributed by atoms with E-state index in [2.05, 4.69) is 22.8 Å². The van der Waals surface area contributed by atoms with E-state index in [1.165, 1.54) is 27.3 Å². The maximum Gasteiger partial charge on any atom is 0.267 e. The Bertz CT molecular complexity index is 1150. The van der Waals surface area contributed by atoms with Crippen LogP contribution in [0.3, 0.4) is 0 Å². The number of anilines is 2. The van der Waals surface area contributed by atoms with E-state index in [0.29, 0.717) is 10.6 Å². The van der Waals surface area contributed by atoms with Gasteiger partial charge in [0, 0.05) is 27.2 Å². The van der Waals surface area contributed by atoms with E-state index in [4.69, 9.17) is 10.7 Å². The topological polar surface area (TPSA) is 68.0 Å². The number of benzene rings is 1. The number of nitrogens with two attached hydrogens (primary N) is 1. The van der Waals surface area contributed by atoms with E-state index in [1.54, 1.807) is 11.3 Å². The molecule has 1 aliphatic rings. The van der Waals surface area contributed by atoms with Gasteiger partial charge in [0.25, 0.3) is 5.91 Å². The summed E-state index contributed by atoms with van der Waals surface area (Å²) in [5, 5.41) is 5.95. The number of nitrogens with one attached hydrogen (secondary N) is 1. The summed E-state index contributed by atoms with van der Waals surface area (Å²) in [5.74, 6) is -0.181. The van der Waals surface area contributed by atoms with Gasteiger partial charge in [-0.1, -0.05) is 24.3 Å². The summed E-state index contributed by atoms with van der Waals surface area (Å²) in [5.41, 5.74) is 11.4. The first-order valence-electron chi connectivity index (χ1n) is 8.86. The number of amides is 1. The zero-order chi connectivity index (χ0) is 18.4. The van der Waals surface area contributed by atoms with Crippen molar-refractivity contribution in [1.29, 1.82) is 0 Å². The van der Waals surface area contributed by atoms with Crippen LogP contribution in [0.1, 0.15) is 27.3 Å².